The van der Waals surface area contributed by atoms with Crippen molar-refractivity contribution in [2.75, 3.05) is 16.8 Å². The molecule has 3 rings (SSSR count). The van der Waals surface area contributed by atoms with Gasteiger partial charge in [-0.3, -0.25) is 4.79 Å². The molecule has 0 saturated carbocycles. The third-order valence-corrected chi connectivity index (χ3v) is 6.33. The Morgan fingerprint density at radius 1 is 1.37 bits per heavy atom. The van der Waals surface area contributed by atoms with Crippen molar-refractivity contribution >= 4 is 39.3 Å². The van der Waals surface area contributed by atoms with Crippen molar-refractivity contribution in [2.24, 2.45) is 0 Å². The van der Waals surface area contributed by atoms with Crippen LogP contribution in [0.2, 0.25) is 0 Å². The molecular formula is C25H28BrN3O. The van der Waals surface area contributed by atoms with Gasteiger partial charge >= 0.3 is 0 Å². The van der Waals surface area contributed by atoms with Gasteiger partial charge in [-0.1, -0.05) is 28.9 Å². The number of benzene rings is 2. The van der Waals surface area contributed by atoms with E-state index in [-0.39, 0.29) is 11.1 Å². The molecule has 156 valence electrons. The number of amides is 1. The fraction of sp³-hybridized carbons (Fsp3) is 0.360. The van der Waals surface area contributed by atoms with Crippen molar-refractivity contribution in [1.82, 2.24) is 0 Å². The number of aryl methyl sites for hydroxylation is 1. The second kappa shape index (κ2) is 8.65. The maximum atomic E-state index is 12.7. The van der Waals surface area contributed by atoms with Crippen LogP contribution in [0.15, 0.2) is 46.4 Å². The topological polar surface area (TPSA) is 56.1 Å². The zero-order chi connectivity index (χ0) is 22.1. The maximum Gasteiger partial charge on any atom is 0.266 e. The molecule has 1 amide bonds. The molecule has 0 saturated heterocycles. The molecule has 30 heavy (non-hydrogen) atoms. The fourth-order valence-corrected chi connectivity index (χ4v) is 4.87. The monoisotopic (exact) mass is 465 g/mol. The first-order valence-corrected chi connectivity index (χ1v) is 11.1. The second-order valence-corrected chi connectivity index (χ2v) is 9.48. The zero-order valence-electron chi connectivity index (χ0n) is 18.2. The molecule has 0 aliphatic carbocycles. The predicted molar refractivity (Wildman–Crippen MR) is 128 cm³/mol. The number of anilines is 2. The highest BCUT2D eigenvalue weighted by molar-refractivity contribution is 9.10. The van der Waals surface area contributed by atoms with Gasteiger partial charge in [0.05, 0.1) is 0 Å². The lowest BCUT2D eigenvalue weighted by atomic mass is 9.79. The normalized spacial score (nSPS) is 17.8. The Balaban J connectivity index is 1.97. The number of hydrogen-bond donors (Lipinski definition) is 1. The zero-order valence-corrected chi connectivity index (χ0v) is 19.8. The number of halogens is 1. The molecule has 1 aliphatic heterocycles. The summed E-state index contributed by atoms with van der Waals surface area (Å²) in [6, 6.07) is 13.7. The van der Waals surface area contributed by atoms with Crippen LogP contribution in [0.1, 0.15) is 56.7 Å². The smallest absolute Gasteiger partial charge is 0.266 e. The van der Waals surface area contributed by atoms with E-state index in [1.807, 2.05) is 19.1 Å². The molecule has 5 heteroatoms. The lowest BCUT2D eigenvalue weighted by Gasteiger charge is -2.47. The van der Waals surface area contributed by atoms with Crippen LogP contribution in [-0.4, -0.2) is 18.0 Å². The average molecular weight is 466 g/mol. The van der Waals surface area contributed by atoms with Crippen LogP contribution in [0.4, 0.5) is 11.4 Å². The first kappa shape index (κ1) is 22.1. The highest BCUT2D eigenvalue weighted by Crippen LogP contribution is 2.44. The van der Waals surface area contributed by atoms with Gasteiger partial charge in [0.1, 0.15) is 11.6 Å². The van der Waals surface area contributed by atoms with Gasteiger partial charge in [-0.05, 0) is 93.1 Å². The molecule has 1 aliphatic rings. The summed E-state index contributed by atoms with van der Waals surface area (Å²) in [5.41, 5.74) is 5.34. The standard InChI is InChI=1S/C25H28BrN3O/c1-6-29-23-10-16(2)18(12-22(23)17(3)14-25(29,4)5)11-19(15-27)24(30)28-21-9-7-8-20(26)13-21/h7-13,17H,6,14H2,1-5H3,(H,28,30)/b19-11-/t17-/m0/s1. The Hall–Kier alpha value is -2.58. The third-order valence-electron chi connectivity index (χ3n) is 5.84. The Morgan fingerprint density at radius 2 is 2.10 bits per heavy atom. The Labute approximate surface area is 187 Å². The number of hydrogen-bond acceptors (Lipinski definition) is 3. The van der Waals surface area contributed by atoms with E-state index in [0.29, 0.717) is 11.6 Å². The summed E-state index contributed by atoms with van der Waals surface area (Å²) in [6.45, 7) is 12.0. The highest BCUT2D eigenvalue weighted by atomic mass is 79.9. The molecule has 1 heterocycles. The Bertz CT molecular complexity index is 1050. The number of carbonyl (C=O) groups is 1. The SMILES string of the molecule is CCN1c2cc(C)c(/C=C(/C#N)C(=O)Nc3cccc(Br)c3)cc2[C@@H](C)CC1(C)C. The number of nitrogens with one attached hydrogen (secondary N) is 1. The molecule has 0 bridgehead atoms. The summed E-state index contributed by atoms with van der Waals surface area (Å²) in [7, 11) is 0. The molecule has 4 nitrogen and oxygen atoms in total. The van der Waals surface area contributed by atoms with Crippen LogP contribution in [0, 0.1) is 18.3 Å². The molecule has 2 aromatic carbocycles. The van der Waals surface area contributed by atoms with Crippen molar-refractivity contribution < 1.29 is 4.79 Å². The van der Waals surface area contributed by atoms with Gasteiger partial charge < -0.3 is 10.2 Å². The van der Waals surface area contributed by atoms with Crippen LogP contribution in [0.5, 0.6) is 0 Å². The van der Waals surface area contributed by atoms with Gasteiger partial charge in [0.25, 0.3) is 5.91 Å². The molecule has 1 N–H and O–H groups in total. The Morgan fingerprint density at radius 3 is 2.73 bits per heavy atom. The van der Waals surface area contributed by atoms with Crippen LogP contribution in [-0.2, 0) is 4.79 Å². The molecule has 0 unspecified atom stereocenters. The van der Waals surface area contributed by atoms with E-state index >= 15 is 0 Å². The number of carbonyl (C=O) groups excluding carboxylic acids is 1. The summed E-state index contributed by atoms with van der Waals surface area (Å²) in [5, 5.41) is 12.4. The van der Waals surface area contributed by atoms with Crippen molar-refractivity contribution in [3.8, 4) is 6.07 Å². The van der Waals surface area contributed by atoms with Crippen LogP contribution in [0.25, 0.3) is 6.08 Å². The van der Waals surface area contributed by atoms with Gasteiger partial charge in [-0.2, -0.15) is 5.26 Å². The number of fused-ring (bicyclic) bond motifs is 1. The second-order valence-electron chi connectivity index (χ2n) is 8.56. The van der Waals surface area contributed by atoms with Crippen molar-refractivity contribution in [3.63, 3.8) is 0 Å². The summed E-state index contributed by atoms with van der Waals surface area (Å²) < 4.78 is 0.866. The van der Waals surface area contributed by atoms with Crippen molar-refractivity contribution in [3.05, 3.63) is 63.1 Å². The molecule has 2 aromatic rings. The van der Waals surface area contributed by atoms with E-state index < -0.39 is 5.91 Å². The summed E-state index contributed by atoms with van der Waals surface area (Å²) in [6.07, 6.45) is 2.76. The minimum atomic E-state index is -0.405. The van der Waals surface area contributed by atoms with Crippen LogP contribution >= 0.6 is 15.9 Å². The molecule has 0 aromatic heterocycles. The van der Waals surface area contributed by atoms with Crippen molar-refractivity contribution in [2.45, 2.75) is 52.5 Å². The summed E-state index contributed by atoms with van der Waals surface area (Å²) in [4.78, 5) is 15.1. The van der Waals surface area contributed by atoms with Gasteiger partial charge in [0.15, 0.2) is 0 Å². The van der Waals surface area contributed by atoms with Gasteiger partial charge in [-0.25, -0.2) is 0 Å². The first-order valence-electron chi connectivity index (χ1n) is 10.3. The quantitative estimate of drug-likeness (QED) is 0.418. The van der Waals surface area contributed by atoms with Gasteiger partial charge in [0.2, 0.25) is 0 Å². The first-order chi connectivity index (χ1) is 14.2. The van der Waals surface area contributed by atoms with E-state index in [9.17, 15) is 10.1 Å². The van der Waals surface area contributed by atoms with Gasteiger partial charge in [0, 0.05) is 27.9 Å². The van der Waals surface area contributed by atoms with Crippen molar-refractivity contribution in [1.29, 1.82) is 5.26 Å². The van der Waals surface area contributed by atoms with Crippen LogP contribution in [0.3, 0.4) is 0 Å². The molecule has 0 radical (unpaired) electrons. The highest BCUT2D eigenvalue weighted by Gasteiger charge is 2.35. The molecule has 1 atom stereocenters. The number of nitrogens with zero attached hydrogens (tertiary/aromatic N) is 2. The van der Waals surface area contributed by atoms with E-state index in [0.717, 1.165) is 28.6 Å². The van der Waals surface area contributed by atoms with E-state index in [2.05, 4.69) is 72.0 Å². The number of nitriles is 1. The predicted octanol–water partition coefficient (Wildman–Crippen LogP) is 6.42. The molecule has 0 fully saturated rings. The van der Waals surface area contributed by atoms with E-state index in [1.54, 1.807) is 18.2 Å². The Kier molecular flexibility index (Phi) is 6.38. The lowest BCUT2D eigenvalue weighted by Crippen LogP contribution is -2.48. The van der Waals surface area contributed by atoms with E-state index in [4.69, 9.17) is 0 Å². The summed E-state index contributed by atoms with van der Waals surface area (Å²) >= 11 is 3.39. The minimum Gasteiger partial charge on any atom is -0.366 e. The lowest BCUT2D eigenvalue weighted by molar-refractivity contribution is -0.112. The molecule has 0 spiro atoms. The molecular weight excluding hydrogens is 438 g/mol. The van der Waals surface area contributed by atoms with Gasteiger partial charge in [-0.15, -0.1) is 0 Å². The number of rotatable bonds is 4. The fourth-order valence-electron chi connectivity index (χ4n) is 4.47. The van der Waals surface area contributed by atoms with Crippen LogP contribution < -0.4 is 10.2 Å². The summed E-state index contributed by atoms with van der Waals surface area (Å²) in [5.74, 6) is 0.00340. The minimum absolute atomic E-state index is 0.0918. The van der Waals surface area contributed by atoms with E-state index in [1.165, 1.54) is 11.3 Å². The maximum absolute atomic E-state index is 12.7. The average Bonchev–Trinajstić information content (AvgIpc) is 2.66. The third kappa shape index (κ3) is 4.44. The largest absolute Gasteiger partial charge is 0.366 e.